The van der Waals surface area contributed by atoms with Gasteiger partial charge >= 0.3 is 10.4 Å². The van der Waals surface area contributed by atoms with Gasteiger partial charge in [0.2, 0.25) is 5.91 Å². The number of hydrogen-bond acceptors (Lipinski definition) is 10. The van der Waals surface area contributed by atoms with Crippen molar-refractivity contribution in [2.24, 2.45) is 0 Å². The fraction of sp³-hybridized carbons (Fsp3) is 0.935. The van der Waals surface area contributed by atoms with Crippen LogP contribution in [0.25, 0.3) is 0 Å². The summed E-state index contributed by atoms with van der Waals surface area (Å²) in [6.07, 6.45) is 32.5. The van der Waals surface area contributed by atoms with Crippen LogP contribution in [-0.4, -0.2) is 95.4 Å². The van der Waals surface area contributed by atoms with Crippen LogP contribution in [0.2, 0.25) is 0 Å². The van der Waals surface area contributed by atoms with Crippen molar-refractivity contribution in [1.29, 1.82) is 0 Å². The molecule has 1 fully saturated rings. The molecule has 0 aromatic heterocycles. The molecule has 12 nitrogen and oxygen atoms in total. The van der Waals surface area contributed by atoms with Gasteiger partial charge in [-0.1, -0.05) is 206 Å². The van der Waals surface area contributed by atoms with Crippen LogP contribution in [0.4, 0.5) is 0 Å². The first-order valence-electron chi connectivity index (χ1n) is 24.1. The van der Waals surface area contributed by atoms with Gasteiger partial charge in [0, 0.05) is 6.42 Å². The summed E-state index contributed by atoms with van der Waals surface area (Å²) in [6.45, 7) is 3.40. The zero-order chi connectivity index (χ0) is 43.4. The van der Waals surface area contributed by atoms with Gasteiger partial charge in [-0.05, 0) is 19.3 Å². The second kappa shape index (κ2) is 37.4. The first kappa shape index (κ1) is 55.9. The number of allylic oxidation sites excluding steroid dienone is 1. The van der Waals surface area contributed by atoms with Crippen LogP contribution in [0.3, 0.4) is 0 Å². The van der Waals surface area contributed by atoms with Gasteiger partial charge in [0.15, 0.2) is 6.29 Å². The lowest BCUT2D eigenvalue weighted by Gasteiger charge is -2.41. The van der Waals surface area contributed by atoms with Gasteiger partial charge in [-0.15, -0.1) is 0 Å². The standard InChI is InChI=1S/C46H89NO11S/c1-3-5-7-9-11-13-15-17-19-20-21-22-24-26-28-30-32-34-36-42(50)47-39(38-56-46-44(52)45(58-59(53,54)55)43(51)41(37-48)57-46)40(49)35-33-31-29-27-25-23-18-16-14-12-10-8-6-4-2/h33,35,39-41,43-46,48-49,51-52H,3-32,34,36-38H2,1-2H3,(H,47,50)(H,53,54,55)/b35-33+. The smallest absolute Gasteiger partial charge is 0.394 e. The molecule has 6 N–H and O–H groups in total. The third-order valence-electron chi connectivity index (χ3n) is 11.6. The van der Waals surface area contributed by atoms with E-state index in [0.29, 0.717) is 6.42 Å². The summed E-state index contributed by atoms with van der Waals surface area (Å²) in [5.41, 5.74) is 0. The van der Waals surface area contributed by atoms with Crippen molar-refractivity contribution >= 4 is 16.3 Å². The van der Waals surface area contributed by atoms with Gasteiger partial charge in [0.05, 0.1) is 25.4 Å². The monoisotopic (exact) mass is 864 g/mol. The summed E-state index contributed by atoms with van der Waals surface area (Å²) >= 11 is 0. The Balaban J connectivity index is 2.48. The van der Waals surface area contributed by atoms with E-state index >= 15 is 0 Å². The first-order chi connectivity index (χ1) is 28.5. The predicted molar refractivity (Wildman–Crippen MR) is 236 cm³/mol. The van der Waals surface area contributed by atoms with E-state index in [1.165, 1.54) is 154 Å². The second-order valence-corrected chi connectivity index (χ2v) is 18.1. The van der Waals surface area contributed by atoms with Crippen molar-refractivity contribution in [3.05, 3.63) is 12.2 Å². The lowest BCUT2D eigenvalue weighted by atomic mass is 9.99. The summed E-state index contributed by atoms with van der Waals surface area (Å²) in [4.78, 5) is 13.0. The van der Waals surface area contributed by atoms with Crippen LogP contribution in [0, 0.1) is 0 Å². The number of carbonyl (C=O) groups excluding carboxylic acids is 1. The Morgan fingerprint density at radius 1 is 0.661 bits per heavy atom. The van der Waals surface area contributed by atoms with Crippen LogP contribution in [-0.2, 0) is 28.9 Å². The molecule has 7 atom stereocenters. The van der Waals surface area contributed by atoms with Gasteiger partial charge in [-0.25, -0.2) is 4.18 Å². The van der Waals surface area contributed by atoms with Crippen molar-refractivity contribution in [2.45, 2.75) is 262 Å². The van der Waals surface area contributed by atoms with E-state index in [1.54, 1.807) is 6.08 Å². The number of aliphatic hydroxyl groups excluding tert-OH is 4. The highest BCUT2D eigenvalue weighted by atomic mass is 32.3. The van der Waals surface area contributed by atoms with Crippen molar-refractivity contribution in [1.82, 2.24) is 5.32 Å². The molecule has 0 bridgehead atoms. The Bertz CT molecular complexity index is 1110. The number of hydrogen-bond donors (Lipinski definition) is 6. The van der Waals surface area contributed by atoms with E-state index in [0.717, 1.165) is 38.5 Å². The third kappa shape index (κ3) is 30.5. The minimum absolute atomic E-state index is 0.259. The number of nitrogens with one attached hydrogen (secondary N) is 1. The number of amides is 1. The molecule has 0 aromatic rings. The highest BCUT2D eigenvalue weighted by Crippen LogP contribution is 2.26. The fourth-order valence-corrected chi connectivity index (χ4v) is 8.32. The number of aliphatic hydroxyl groups is 4. The molecule has 7 unspecified atom stereocenters. The average molecular weight is 864 g/mol. The summed E-state index contributed by atoms with van der Waals surface area (Å²) in [5, 5.41) is 44.7. The van der Waals surface area contributed by atoms with Crippen molar-refractivity contribution in [3.8, 4) is 0 Å². The van der Waals surface area contributed by atoms with Crippen LogP contribution >= 0.6 is 0 Å². The SMILES string of the molecule is CCCCCCCCCCCCCC/C=C/C(O)C(COC1OC(CO)C(O)C(OS(=O)(=O)O)C1O)NC(=O)CCCCCCCCCCCCCCCCCCCC. The van der Waals surface area contributed by atoms with Crippen LogP contribution in [0.5, 0.6) is 0 Å². The van der Waals surface area contributed by atoms with E-state index in [-0.39, 0.29) is 18.9 Å². The van der Waals surface area contributed by atoms with Crippen LogP contribution < -0.4 is 5.32 Å². The van der Waals surface area contributed by atoms with Gasteiger partial charge in [-0.2, -0.15) is 8.42 Å². The van der Waals surface area contributed by atoms with Crippen molar-refractivity contribution < 1.29 is 51.8 Å². The summed E-state index contributed by atoms with van der Waals surface area (Å²) in [6, 6.07) is -0.938. The molecule has 13 heteroatoms. The zero-order valence-corrected chi connectivity index (χ0v) is 38.1. The summed E-state index contributed by atoms with van der Waals surface area (Å²) < 4.78 is 47.6. The lowest BCUT2D eigenvalue weighted by Crippen LogP contribution is -2.61. The number of unbranched alkanes of at least 4 members (excludes halogenated alkanes) is 29. The minimum Gasteiger partial charge on any atom is -0.394 e. The van der Waals surface area contributed by atoms with E-state index in [9.17, 15) is 38.2 Å². The number of rotatable bonds is 41. The van der Waals surface area contributed by atoms with Gasteiger partial charge < -0.3 is 35.2 Å². The number of carbonyl (C=O) groups is 1. The molecule has 1 rings (SSSR count). The van der Waals surface area contributed by atoms with Gasteiger partial charge in [0.1, 0.15) is 24.4 Å². The van der Waals surface area contributed by atoms with E-state index < -0.39 is 59.9 Å². The number of ether oxygens (including phenoxy) is 2. The lowest BCUT2D eigenvalue weighted by molar-refractivity contribution is -0.298. The second-order valence-electron chi connectivity index (χ2n) is 17.1. The normalized spacial score (nSPS) is 21.0. The first-order valence-corrected chi connectivity index (χ1v) is 25.4. The molecule has 59 heavy (non-hydrogen) atoms. The van der Waals surface area contributed by atoms with Gasteiger partial charge in [-0.3, -0.25) is 9.35 Å². The Kier molecular flexibility index (Phi) is 35.4. The maximum Gasteiger partial charge on any atom is 0.397 e. The molecule has 1 aliphatic rings. The molecule has 0 aromatic carbocycles. The Labute approximate surface area is 360 Å². The Morgan fingerprint density at radius 2 is 1.07 bits per heavy atom. The molecular weight excluding hydrogens is 775 g/mol. The minimum atomic E-state index is -5.08. The van der Waals surface area contributed by atoms with Crippen molar-refractivity contribution in [3.63, 3.8) is 0 Å². The Hall–Kier alpha value is -1.16. The molecule has 1 saturated heterocycles. The quantitative estimate of drug-likeness (QED) is 0.0195. The molecule has 1 aliphatic heterocycles. The molecule has 350 valence electrons. The van der Waals surface area contributed by atoms with Crippen LogP contribution in [0.15, 0.2) is 12.2 Å². The van der Waals surface area contributed by atoms with E-state index in [4.69, 9.17) is 9.47 Å². The molecule has 0 radical (unpaired) electrons. The molecule has 0 aliphatic carbocycles. The molecule has 1 heterocycles. The van der Waals surface area contributed by atoms with E-state index in [2.05, 4.69) is 23.3 Å². The molecule has 0 spiro atoms. The maximum atomic E-state index is 13.0. The molecule has 0 saturated carbocycles. The Morgan fingerprint density at radius 3 is 1.47 bits per heavy atom. The molecular formula is C46H89NO11S. The highest BCUT2D eigenvalue weighted by Gasteiger charge is 2.48. The highest BCUT2D eigenvalue weighted by molar-refractivity contribution is 7.80. The fourth-order valence-electron chi connectivity index (χ4n) is 7.81. The predicted octanol–water partition coefficient (Wildman–Crippen LogP) is 9.55. The third-order valence-corrected chi connectivity index (χ3v) is 12.0. The van der Waals surface area contributed by atoms with E-state index in [1.807, 2.05) is 6.08 Å². The molecule has 1 amide bonds. The van der Waals surface area contributed by atoms with Crippen LogP contribution in [0.1, 0.15) is 219 Å². The zero-order valence-electron chi connectivity index (χ0n) is 37.3. The summed E-state index contributed by atoms with van der Waals surface area (Å²) in [7, 11) is -5.08. The average Bonchev–Trinajstić information content (AvgIpc) is 3.20. The largest absolute Gasteiger partial charge is 0.397 e. The van der Waals surface area contributed by atoms with Crippen molar-refractivity contribution in [2.75, 3.05) is 13.2 Å². The topological polar surface area (TPSA) is 192 Å². The maximum absolute atomic E-state index is 13.0. The summed E-state index contributed by atoms with van der Waals surface area (Å²) in [5.74, 6) is -0.259. The van der Waals surface area contributed by atoms with Gasteiger partial charge in [0.25, 0.3) is 0 Å².